The number of pyridine rings is 1. The van der Waals surface area contributed by atoms with Crippen molar-refractivity contribution in [2.75, 3.05) is 6.54 Å². The highest BCUT2D eigenvalue weighted by atomic mass is 16.2. The molecule has 1 atom stereocenters. The zero-order valence-corrected chi connectivity index (χ0v) is 12.7. The number of hydrogen-bond donors (Lipinski definition) is 1. The van der Waals surface area contributed by atoms with E-state index >= 15 is 0 Å². The Morgan fingerprint density at radius 1 is 1.41 bits per heavy atom. The maximum absolute atomic E-state index is 12.3. The number of hydrogen-bond acceptors (Lipinski definition) is 2. The van der Waals surface area contributed by atoms with Crippen molar-refractivity contribution >= 4 is 22.9 Å². The number of likely N-dealkylation sites (tertiary alicyclic amines) is 1. The van der Waals surface area contributed by atoms with E-state index in [-0.39, 0.29) is 11.5 Å². The number of nitrogens with one attached hydrogen (secondary N) is 1. The van der Waals surface area contributed by atoms with E-state index < -0.39 is 0 Å². The number of H-pyrrole nitrogens is 1. The molecular formula is C18H20N2O2. The van der Waals surface area contributed by atoms with Crippen molar-refractivity contribution in [2.45, 2.75) is 32.2 Å². The summed E-state index contributed by atoms with van der Waals surface area (Å²) in [7, 11) is 0. The van der Waals surface area contributed by atoms with Crippen LogP contribution in [-0.2, 0) is 4.79 Å². The van der Waals surface area contributed by atoms with Crippen molar-refractivity contribution in [3.05, 3.63) is 52.3 Å². The number of carbonyl (C=O) groups is 1. The lowest BCUT2D eigenvalue weighted by Gasteiger charge is -2.21. The second-order valence-corrected chi connectivity index (χ2v) is 5.71. The zero-order valence-electron chi connectivity index (χ0n) is 12.7. The van der Waals surface area contributed by atoms with Gasteiger partial charge in [-0.2, -0.15) is 0 Å². The molecule has 2 heterocycles. The van der Waals surface area contributed by atoms with Crippen LogP contribution < -0.4 is 5.56 Å². The fourth-order valence-corrected chi connectivity index (χ4v) is 3.10. The van der Waals surface area contributed by atoms with Gasteiger partial charge in [-0.25, -0.2) is 0 Å². The number of aromatic amines is 1. The number of nitrogens with zero attached hydrogens (tertiary/aromatic N) is 1. The number of amides is 1. The smallest absolute Gasteiger partial charge is 0.255 e. The number of benzene rings is 1. The zero-order chi connectivity index (χ0) is 15.5. The molecule has 1 aromatic heterocycles. The van der Waals surface area contributed by atoms with Crippen LogP contribution in [0.1, 0.15) is 31.7 Å². The number of para-hydroxylation sites is 1. The lowest BCUT2D eigenvalue weighted by atomic mass is 10.1. The van der Waals surface area contributed by atoms with E-state index in [2.05, 4.69) is 11.9 Å². The van der Waals surface area contributed by atoms with Crippen molar-refractivity contribution in [1.82, 2.24) is 9.88 Å². The molecule has 0 aliphatic carbocycles. The molecule has 1 saturated heterocycles. The van der Waals surface area contributed by atoms with Gasteiger partial charge in [-0.1, -0.05) is 25.1 Å². The molecule has 0 spiro atoms. The van der Waals surface area contributed by atoms with Gasteiger partial charge >= 0.3 is 0 Å². The quantitative estimate of drug-likeness (QED) is 0.885. The predicted octanol–water partition coefficient (Wildman–Crippen LogP) is 2.94. The van der Waals surface area contributed by atoms with Gasteiger partial charge in [-0.3, -0.25) is 9.59 Å². The number of aromatic nitrogens is 1. The molecule has 1 fully saturated rings. The molecular weight excluding hydrogens is 276 g/mol. The Labute approximate surface area is 129 Å². The lowest BCUT2D eigenvalue weighted by Crippen LogP contribution is -2.33. The Bertz CT molecular complexity index is 776. The molecule has 0 saturated carbocycles. The highest BCUT2D eigenvalue weighted by Gasteiger charge is 2.25. The van der Waals surface area contributed by atoms with Gasteiger partial charge in [-0.05, 0) is 42.9 Å². The van der Waals surface area contributed by atoms with Crippen LogP contribution in [-0.4, -0.2) is 28.4 Å². The Kier molecular flexibility index (Phi) is 4.09. The SMILES string of the molecule is CCC1CCCN1C(=O)/C=C/c1cc2ccccc2[nH]c1=O. The first-order valence-corrected chi connectivity index (χ1v) is 7.80. The molecule has 1 amide bonds. The van der Waals surface area contributed by atoms with Gasteiger partial charge in [0.25, 0.3) is 5.56 Å². The summed E-state index contributed by atoms with van der Waals surface area (Å²) in [6, 6.07) is 9.78. The van der Waals surface area contributed by atoms with E-state index in [1.807, 2.05) is 35.2 Å². The van der Waals surface area contributed by atoms with E-state index in [9.17, 15) is 9.59 Å². The Hall–Kier alpha value is -2.36. The minimum Gasteiger partial charge on any atom is -0.336 e. The van der Waals surface area contributed by atoms with Crippen molar-refractivity contribution in [1.29, 1.82) is 0 Å². The summed E-state index contributed by atoms with van der Waals surface area (Å²) in [6.07, 6.45) is 6.27. The molecule has 2 aromatic rings. The lowest BCUT2D eigenvalue weighted by molar-refractivity contribution is -0.126. The van der Waals surface area contributed by atoms with Crippen molar-refractivity contribution < 1.29 is 4.79 Å². The first-order valence-electron chi connectivity index (χ1n) is 7.80. The van der Waals surface area contributed by atoms with Gasteiger partial charge in [0.05, 0.1) is 0 Å². The van der Waals surface area contributed by atoms with E-state index in [1.165, 1.54) is 6.08 Å². The van der Waals surface area contributed by atoms with Crippen LogP contribution in [0.5, 0.6) is 0 Å². The first kappa shape index (κ1) is 14.6. The average molecular weight is 296 g/mol. The molecule has 0 bridgehead atoms. The van der Waals surface area contributed by atoms with Crippen LogP contribution in [0.3, 0.4) is 0 Å². The van der Waals surface area contributed by atoms with Gasteiger partial charge < -0.3 is 9.88 Å². The van der Waals surface area contributed by atoms with Crippen LogP contribution in [0.4, 0.5) is 0 Å². The molecule has 22 heavy (non-hydrogen) atoms. The maximum atomic E-state index is 12.3. The fourth-order valence-electron chi connectivity index (χ4n) is 3.10. The molecule has 3 rings (SSSR count). The maximum Gasteiger partial charge on any atom is 0.255 e. The molecule has 1 aliphatic heterocycles. The molecule has 1 N–H and O–H groups in total. The highest BCUT2D eigenvalue weighted by Crippen LogP contribution is 2.20. The van der Waals surface area contributed by atoms with Crippen LogP contribution >= 0.6 is 0 Å². The Morgan fingerprint density at radius 3 is 3.05 bits per heavy atom. The molecule has 114 valence electrons. The third-order valence-electron chi connectivity index (χ3n) is 4.32. The molecule has 1 aliphatic rings. The predicted molar refractivity (Wildman–Crippen MR) is 88.6 cm³/mol. The summed E-state index contributed by atoms with van der Waals surface area (Å²) in [6.45, 7) is 2.92. The minimum absolute atomic E-state index is 0.00286. The van der Waals surface area contributed by atoms with E-state index in [4.69, 9.17) is 0 Å². The second-order valence-electron chi connectivity index (χ2n) is 5.71. The van der Waals surface area contributed by atoms with Gasteiger partial charge in [0.15, 0.2) is 0 Å². The summed E-state index contributed by atoms with van der Waals surface area (Å²) in [5, 5.41) is 0.960. The van der Waals surface area contributed by atoms with Crippen molar-refractivity contribution in [3.8, 4) is 0 Å². The van der Waals surface area contributed by atoms with Gasteiger partial charge in [-0.15, -0.1) is 0 Å². The minimum atomic E-state index is -0.170. The summed E-state index contributed by atoms with van der Waals surface area (Å²) < 4.78 is 0. The number of carbonyl (C=O) groups excluding carboxylic acids is 1. The van der Waals surface area contributed by atoms with E-state index in [1.54, 1.807) is 6.08 Å². The van der Waals surface area contributed by atoms with Crippen LogP contribution in [0.25, 0.3) is 17.0 Å². The number of rotatable bonds is 3. The van der Waals surface area contributed by atoms with Crippen LogP contribution in [0, 0.1) is 0 Å². The summed E-state index contributed by atoms with van der Waals surface area (Å²) in [5.41, 5.74) is 1.15. The van der Waals surface area contributed by atoms with Gasteiger partial charge in [0.1, 0.15) is 0 Å². The molecule has 1 unspecified atom stereocenters. The largest absolute Gasteiger partial charge is 0.336 e. The summed E-state index contributed by atoms with van der Waals surface area (Å²) in [5.74, 6) is -0.00286. The van der Waals surface area contributed by atoms with Crippen molar-refractivity contribution in [2.24, 2.45) is 0 Å². The first-order chi connectivity index (χ1) is 10.7. The molecule has 4 heteroatoms. The van der Waals surface area contributed by atoms with Gasteiger partial charge in [0, 0.05) is 29.7 Å². The average Bonchev–Trinajstić information content (AvgIpc) is 3.01. The summed E-state index contributed by atoms with van der Waals surface area (Å²) in [4.78, 5) is 29.1. The van der Waals surface area contributed by atoms with Crippen LogP contribution in [0.15, 0.2) is 41.2 Å². The fraction of sp³-hybridized carbons (Fsp3) is 0.333. The van der Waals surface area contributed by atoms with Crippen LogP contribution in [0.2, 0.25) is 0 Å². The molecule has 1 aromatic carbocycles. The third-order valence-corrected chi connectivity index (χ3v) is 4.32. The summed E-state index contributed by atoms with van der Waals surface area (Å²) >= 11 is 0. The Balaban J connectivity index is 1.84. The van der Waals surface area contributed by atoms with E-state index in [0.29, 0.717) is 11.6 Å². The van der Waals surface area contributed by atoms with E-state index in [0.717, 1.165) is 36.7 Å². The molecule has 4 nitrogen and oxygen atoms in total. The normalized spacial score (nSPS) is 18.4. The van der Waals surface area contributed by atoms with Gasteiger partial charge in [0.2, 0.25) is 5.91 Å². The standard InChI is InChI=1S/C18H20N2O2/c1-2-15-7-5-11-20(15)17(21)10-9-14-12-13-6-3-4-8-16(13)19-18(14)22/h3-4,6,8-10,12,15H,2,5,7,11H2,1H3,(H,19,22)/b10-9+. The second kappa shape index (κ2) is 6.18. The number of fused-ring (bicyclic) bond motifs is 1. The monoisotopic (exact) mass is 296 g/mol. The molecule has 0 radical (unpaired) electrons. The topological polar surface area (TPSA) is 53.2 Å². The van der Waals surface area contributed by atoms with Crippen molar-refractivity contribution in [3.63, 3.8) is 0 Å². The highest BCUT2D eigenvalue weighted by molar-refractivity contribution is 5.92. The third kappa shape index (κ3) is 2.82. The Morgan fingerprint density at radius 2 is 2.23 bits per heavy atom.